The molecule has 3 N–H and O–H groups in total. The molecule has 0 atom stereocenters. The fourth-order valence-corrected chi connectivity index (χ4v) is 3.33. The van der Waals surface area contributed by atoms with Gasteiger partial charge >= 0.3 is 5.97 Å². The van der Waals surface area contributed by atoms with Crippen LogP contribution < -0.4 is 4.72 Å². The molecule has 0 aliphatic heterocycles. The van der Waals surface area contributed by atoms with Gasteiger partial charge < -0.3 is 5.11 Å². The second-order valence-electron chi connectivity index (χ2n) is 3.36. The molecule has 96 valence electrons. The molecule has 0 aliphatic rings. The average molecular weight is 287 g/mol. The smallest absolute Gasteiger partial charge is 0.345 e. The number of nitrogens with zero attached hydrogens (tertiary/aromatic N) is 1. The average Bonchev–Trinajstić information content (AvgIpc) is 2.98. The van der Waals surface area contributed by atoms with Gasteiger partial charge in [0, 0.05) is 11.6 Å². The van der Waals surface area contributed by atoms with E-state index in [4.69, 9.17) is 5.11 Å². The van der Waals surface area contributed by atoms with Gasteiger partial charge in [-0.25, -0.2) is 17.9 Å². The van der Waals surface area contributed by atoms with E-state index in [0.717, 1.165) is 17.4 Å². The molecule has 0 fully saturated rings. The fraction of sp³-hybridized carbons (Fsp3) is 0.111. The lowest BCUT2D eigenvalue weighted by molar-refractivity contribution is 0.0702. The van der Waals surface area contributed by atoms with Crippen molar-refractivity contribution in [2.75, 3.05) is 0 Å². The van der Waals surface area contributed by atoms with Gasteiger partial charge in [-0.05, 0) is 12.1 Å². The standard InChI is InChI=1S/C9H9N3O4S2/c13-9(14)8-3-7(5-17-8)18(15,16)11-4-6-1-2-10-12-6/h1-3,5,11H,4H2,(H,10,12)(H,13,14). The number of hydrogen-bond donors (Lipinski definition) is 3. The van der Waals surface area contributed by atoms with Gasteiger partial charge in [0.2, 0.25) is 10.0 Å². The maximum absolute atomic E-state index is 11.8. The summed E-state index contributed by atoms with van der Waals surface area (Å²) >= 11 is 0.869. The lowest BCUT2D eigenvalue weighted by Gasteiger charge is -2.02. The van der Waals surface area contributed by atoms with Crippen molar-refractivity contribution in [3.8, 4) is 0 Å². The molecule has 0 aromatic carbocycles. The van der Waals surface area contributed by atoms with Crippen LogP contribution in [0, 0.1) is 0 Å². The second kappa shape index (κ2) is 4.88. The van der Waals surface area contributed by atoms with Crippen molar-refractivity contribution >= 4 is 27.3 Å². The van der Waals surface area contributed by atoms with Crippen molar-refractivity contribution in [1.29, 1.82) is 0 Å². The van der Waals surface area contributed by atoms with Gasteiger partial charge in [-0.3, -0.25) is 5.10 Å². The van der Waals surface area contributed by atoms with Crippen molar-refractivity contribution in [3.63, 3.8) is 0 Å². The summed E-state index contributed by atoms with van der Waals surface area (Å²) in [6.07, 6.45) is 1.51. The van der Waals surface area contributed by atoms with Crippen molar-refractivity contribution in [2.45, 2.75) is 11.4 Å². The number of carboxylic acids is 1. The summed E-state index contributed by atoms with van der Waals surface area (Å²) in [5.74, 6) is -1.14. The zero-order valence-corrected chi connectivity index (χ0v) is 10.6. The van der Waals surface area contributed by atoms with Crippen LogP contribution in [0.2, 0.25) is 0 Å². The summed E-state index contributed by atoms with van der Waals surface area (Å²) in [6, 6.07) is 2.76. The van der Waals surface area contributed by atoms with Gasteiger partial charge in [0.25, 0.3) is 0 Å². The van der Waals surface area contributed by atoms with Gasteiger partial charge in [-0.1, -0.05) is 0 Å². The van der Waals surface area contributed by atoms with Gasteiger partial charge in [0.15, 0.2) is 0 Å². The number of hydrogen-bond acceptors (Lipinski definition) is 5. The highest BCUT2D eigenvalue weighted by atomic mass is 32.2. The predicted molar refractivity (Wildman–Crippen MR) is 63.9 cm³/mol. The van der Waals surface area contributed by atoms with Crippen LogP contribution in [-0.2, 0) is 16.6 Å². The minimum Gasteiger partial charge on any atom is -0.477 e. The molecule has 0 bridgehead atoms. The Balaban J connectivity index is 2.12. The van der Waals surface area contributed by atoms with Crippen LogP contribution in [0.1, 0.15) is 15.4 Å². The molecule has 2 rings (SSSR count). The molecule has 0 amide bonds. The third-order valence-corrected chi connectivity index (χ3v) is 4.56. The minimum atomic E-state index is -3.70. The van der Waals surface area contributed by atoms with E-state index >= 15 is 0 Å². The van der Waals surface area contributed by atoms with E-state index in [1.165, 1.54) is 11.6 Å². The fourth-order valence-electron chi connectivity index (χ4n) is 1.21. The van der Waals surface area contributed by atoms with Crippen LogP contribution in [-0.4, -0.2) is 29.7 Å². The van der Waals surface area contributed by atoms with Crippen LogP contribution in [0.3, 0.4) is 0 Å². The summed E-state index contributed by atoms with van der Waals surface area (Å²) in [5.41, 5.74) is 0.618. The molecule has 0 saturated heterocycles. The van der Waals surface area contributed by atoms with Crippen molar-refractivity contribution < 1.29 is 18.3 Å². The highest BCUT2D eigenvalue weighted by Gasteiger charge is 2.18. The van der Waals surface area contributed by atoms with E-state index in [1.807, 2.05) is 0 Å². The van der Waals surface area contributed by atoms with Gasteiger partial charge in [0.1, 0.15) is 4.88 Å². The Morgan fingerprint density at radius 1 is 1.56 bits per heavy atom. The Hall–Kier alpha value is -1.71. The Morgan fingerprint density at radius 3 is 2.89 bits per heavy atom. The normalized spacial score (nSPS) is 11.6. The lowest BCUT2D eigenvalue weighted by atomic mass is 10.4. The van der Waals surface area contributed by atoms with Gasteiger partial charge in [0.05, 0.1) is 17.1 Å². The number of aromatic carboxylic acids is 1. The second-order valence-corrected chi connectivity index (χ2v) is 6.04. The maximum Gasteiger partial charge on any atom is 0.345 e. The Bertz CT molecular complexity index is 645. The predicted octanol–water partition coefficient (Wildman–Crippen LogP) is 0.648. The number of sulfonamides is 1. The lowest BCUT2D eigenvalue weighted by Crippen LogP contribution is -2.23. The number of thiophene rings is 1. The molecule has 2 aromatic rings. The first kappa shape index (κ1) is 12.7. The van der Waals surface area contributed by atoms with E-state index in [2.05, 4.69) is 14.9 Å². The summed E-state index contributed by atoms with van der Waals surface area (Å²) in [7, 11) is -3.70. The van der Waals surface area contributed by atoms with E-state index in [-0.39, 0.29) is 16.3 Å². The zero-order chi connectivity index (χ0) is 13.2. The first-order valence-electron chi connectivity index (χ1n) is 4.79. The molecule has 2 aromatic heterocycles. The summed E-state index contributed by atoms with van der Waals surface area (Å²) < 4.78 is 26.0. The number of aromatic amines is 1. The maximum atomic E-state index is 11.8. The zero-order valence-electron chi connectivity index (χ0n) is 8.95. The van der Waals surface area contributed by atoms with Crippen LogP contribution >= 0.6 is 11.3 Å². The molecule has 0 unspecified atom stereocenters. The van der Waals surface area contributed by atoms with E-state index in [9.17, 15) is 13.2 Å². The van der Waals surface area contributed by atoms with Crippen molar-refractivity contribution in [3.05, 3.63) is 34.3 Å². The molecular weight excluding hydrogens is 278 g/mol. The van der Waals surface area contributed by atoms with Crippen LogP contribution in [0.15, 0.2) is 28.6 Å². The number of carboxylic acid groups (broad SMARTS) is 1. The molecular formula is C9H9N3O4S2. The quantitative estimate of drug-likeness (QED) is 0.747. The number of rotatable bonds is 5. The Kier molecular flexibility index (Phi) is 3.45. The molecule has 9 heteroatoms. The highest BCUT2D eigenvalue weighted by molar-refractivity contribution is 7.89. The molecule has 18 heavy (non-hydrogen) atoms. The van der Waals surface area contributed by atoms with E-state index < -0.39 is 16.0 Å². The van der Waals surface area contributed by atoms with Crippen molar-refractivity contribution in [2.24, 2.45) is 0 Å². The van der Waals surface area contributed by atoms with Crippen molar-refractivity contribution in [1.82, 2.24) is 14.9 Å². The van der Waals surface area contributed by atoms with Gasteiger partial charge in [-0.15, -0.1) is 11.3 Å². The van der Waals surface area contributed by atoms with E-state index in [1.54, 1.807) is 6.07 Å². The SMILES string of the molecule is O=C(O)c1cc(S(=O)(=O)NCc2ccn[nH]2)cs1. The third-order valence-electron chi connectivity index (χ3n) is 2.11. The number of aromatic nitrogens is 2. The highest BCUT2D eigenvalue weighted by Crippen LogP contribution is 2.19. The largest absolute Gasteiger partial charge is 0.477 e. The minimum absolute atomic E-state index is 0.0167. The Morgan fingerprint density at radius 2 is 2.33 bits per heavy atom. The topological polar surface area (TPSA) is 112 Å². The number of H-pyrrole nitrogens is 1. The molecule has 0 saturated carbocycles. The molecule has 7 nitrogen and oxygen atoms in total. The first-order chi connectivity index (χ1) is 8.49. The van der Waals surface area contributed by atoms with Crippen LogP contribution in [0.5, 0.6) is 0 Å². The summed E-state index contributed by atoms with van der Waals surface area (Å²) in [4.78, 5) is 10.6. The summed E-state index contributed by atoms with van der Waals surface area (Å²) in [5, 5.41) is 16.3. The Labute approximate surface area is 107 Å². The summed E-state index contributed by atoms with van der Waals surface area (Å²) in [6.45, 7) is 0.0700. The molecule has 0 spiro atoms. The van der Waals surface area contributed by atoms with E-state index in [0.29, 0.717) is 5.69 Å². The number of carbonyl (C=O) groups is 1. The molecule has 0 aliphatic carbocycles. The first-order valence-corrected chi connectivity index (χ1v) is 7.15. The van der Waals surface area contributed by atoms with Gasteiger partial charge in [-0.2, -0.15) is 5.10 Å². The molecule has 0 radical (unpaired) electrons. The third kappa shape index (κ3) is 2.75. The monoisotopic (exact) mass is 287 g/mol. The molecule has 2 heterocycles. The van der Waals surface area contributed by atoms with Crippen LogP contribution in [0.4, 0.5) is 0 Å². The van der Waals surface area contributed by atoms with Crippen LogP contribution in [0.25, 0.3) is 0 Å². The number of nitrogens with one attached hydrogen (secondary N) is 2.